The van der Waals surface area contributed by atoms with Crippen molar-refractivity contribution in [3.8, 4) is 5.69 Å². The van der Waals surface area contributed by atoms with Gasteiger partial charge in [0.2, 0.25) is 5.91 Å². The normalized spacial score (nSPS) is 10.9. The van der Waals surface area contributed by atoms with E-state index in [9.17, 15) is 9.59 Å². The summed E-state index contributed by atoms with van der Waals surface area (Å²) in [6, 6.07) is 14.7. The lowest BCUT2D eigenvalue weighted by Crippen LogP contribution is -2.26. The van der Waals surface area contributed by atoms with Gasteiger partial charge in [0, 0.05) is 24.9 Å². The summed E-state index contributed by atoms with van der Waals surface area (Å²) in [4.78, 5) is 24.7. The average Bonchev–Trinajstić information content (AvgIpc) is 3.28. The molecule has 2 amide bonds. The number of nitrogens with zero attached hydrogens (tertiary/aromatic N) is 2. The highest BCUT2D eigenvalue weighted by Crippen LogP contribution is 2.18. The van der Waals surface area contributed by atoms with Crippen molar-refractivity contribution in [1.29, 1.82) is 0 Å². The molecule has 0 fully saturated rings. The zero-order valence-corrected chi connectivity index (χ0v) is 16.2. The number of hydrogen-bond donors (Lipinski definition) is 2. The summed E-state index contributed by atoms with van der Waals surface area (Å²) < 4.78 is 7.06. The lowest BCUT2D eigenvalue weighted by molar-refractivity contribution is -0.118. The fourth-order valence-corrected chi connectivity index (χ4v) is 2.63. The third-order valence-electron chi connectivity index (χ3n) is 4.17. The molecular weight excluding hydrogens is 356 g/mol. The highest BCUT2D eigenvalue weighted by Gasteiger charge is 2.18. The molecule has 0 saturated carbocycles. The first-order chi connectivity index (χ1) is 13.4. The van der Waals surface area contributed by atoms with Gasteiger partial charge in [0.15, 0.2) is 5.69 Å². The average molecular weight is 380 g/mol. The lowest BCUT2D eigenvalue weighted by Gasteiger charge is -2.10. The van der Waals surface area contributed by atoms with Crippen LogP contribution in [0, 0.1) is 12.8 Å². The Labute approximate surface area is 163 Å². The third kappa shape index (κ3) is 4.68. The van der Waals surface area contributed by atoms with E-state index in [0.717, 1.165) is 17.2 Å². The van der Waals surface area contributed by atoms with Crippen molar-refractivity contribution in [2.24, 2.45) is 5.92 Å². The Morgan fingerprint density at radius 1 is 1.14 bits per heavy atom. The summed E-state index contributed by atoms with van der Waals surface area (Å²) in [5.74, 6) is 1.48. The summed E-state index contributed by atoms with van der Waals surface area (Å²) >= 11 is 0. The summed E-state index contributed by atoms with van der Waals surface area (Å²) in [6.07, 6.45) is 0.593. The minimum absolute atomic E-state index is 0.141. The van der Waals surface area contributed by atoms with Crippen molar-refractivity contribution in [3.63, 3.8) is 0 Å². The fraction of sp³-hybridized carbons (Fsp3) is 0.286. The van der Waals surface area contributed by atoms with Gasteiger partial charge in [-0.25, -0.2) is 4.68 Å². The van der Waals surface area contributed by atoms with Crippen LogP contribution in [0.25, 0.3) is 5.69 Å². The van der Waals surface area contributed by atoms with Crippen molar-refractivity contribution in [1.82, 2.24) is 15.1 Å². The number of rotatable bonds is 7. The van der Waals surface area contributed by atoms with Crippen molar-refractivity contribution in [2.45, 2.75) is 27.2 Å². The summed E-state index contributed by atoms with van der Waals surface area (Å²) in [7, 11) is 0. The minimum atomic E-state index is -0.307. The molecular formula is C21H24N4O3. The van der Waals surface area contributed by atoms with Gasteiger partial charge in [0.25, 0.3) is 5.91 Å². The van der Waals surface area contributed by atoms with Gasteiger partial charge in [-0.2, -0.15) is 5.10 Å². The van der Waals surface area contributed by atoms with Crippen LogP contribution in [0.2, 0.25) is 0 Å². The van der Waals surface area contributed by atoms with Gasteiger partial charge in [-0.3, -0.25) is 9.59 Å². The monoisotopic (exact) mass is 380 g/mol. The van der Waals surface area contributed by atoms with Crippen LogP contribution in [0.1, 0.15) is 35.9 Å². The third-order valence-corrected chi connectivity index (χ3v) is 4.17. The second-order valence-corrected chi connectivity index (χ2v) is 6.82. The predicted octanol–water partition coefficient (Wildman–Crippen LogP) is 3.34. The largest absolute Gasteiger partial charge is 0.466 e. The van der Waals surface area contributed by atoms with Crippen molar-refractivity contribution >= 4 is 17.6 Å². The summed E-state index contributed by atoms with van der Waals surface area (Å²) in [5, 5.41) is 10.1. The van der Waals surface area contributed by atoms with E-state index < -0.39 is 0 Å². The second-order valence-electron chi connectivity index (χ2n) is 6.82. The van der Waals surface area contributed by atoms with Gasteiger partial charge in [-0.1, -0.05) is 32.0 Å². The Morgan fingerprint density at radius 3 is 2.54 bits per heavy atom. The summed E-state index contributed by atoms with van der Waals surface area (Å²) in [5.41, 5.74) is 0.991. The van der Waals surface area contributed by atoms with Crippen LogP contribution in [0.3, 0.4) is 0 Å². The molecule has 0 bridgehead atoms. The molecule has 3 aromatic rings. The summed E-state index contributed by atoms with van der Waals surface area (Å²) in [6.45, 7) is 5.92. The molecule has 0 unspecified atom stereocenters. The number of aromatic nitrogens is 2. The zero-order valence-electron chi connectivity index (χ0n) is 16.2. The second kappa shape index (κ2) is 8.56. The Bertz CT molecular complexity index is 957. The van der Waals surface area contributed by atoms with Crippen LogP contribution in [-0.4, -0.2) is 28.1 Å². The standard InChI is InChI=1S/C21H24N4O3/c1-14(2)20(26)23-19-13-18(24-25(19)16-7-5-4-6-8-16)21(27)22-12-11-17-10-9-15(3)28-17/h4-10,13-14H,11-12H2,1-3H3,(H,22,27)(H,23,26). The molecule has 7 heteroatoms. The van der Waals surface area contributed by atoms with Gasteiger partial charge in [0.1, 0.15) is 17.3 Å². The molecule has 2 aromatic heterocycles. The van der Waals surface area contributed by atoms with Crippen molar-refractivity contribution < 1.29 is 14.0 Å². The number of carbonyl (C=O) groups is 2. The first-order valence-electron chi connectivity index (χ1n) is 9.24. The van der Waals surface area contributed by atoms with Gasteiger partial charge in [0.05, 0.1) is 5.69 Å². The Kier molecular flexibility index (Phi) is 5.93. The van der Waals surface area contributed by atoms with E-state index in [1.54, 1.807) is 10.7 Å². The molecule has 2 heterocycles. The Balaban J connectivity index is 1.75. The number of carbonyl (C=O) groups excluding carboxylic acids is 2. The highest BCUT2D eigenvalue weighted by molar-refractivity contribution is 5.96. The van der Waals surface area contributed by atoms with Gasteiger partial charge in [-0.15, -0.1) is 0 Å². The van der Waals surface area contributed by atoms with Gasteiger partial charge in [-0.05, 0) is 31.2 Å². The zero-order chi connectivity index (χ0) is 20.1. The van der Waals surface area contributed by atoms with E-state index in [-0.39, 0.29) is 23.4 Å². The maximum absolute atomic E-state index is 12.5. The number of para-hydroxylation sites is 1. The molecule has 0 aliphatic rings. The van der Waals surface area contributed by atoms with Crippen LogP contribution < -0.4 is 10.6 Å². The molecule has 146 valence electrons. The quantitative estimate of drug-likeness (QED) is 0.658. The predicted molar refractivity (Wildman–Crippen MR) is 107 cm³/mol. The van der Waals surface area contributed by atoms with Crippen LogP contribution in [0.15, 0.2) is 52.9 Å². The molecule has 0 atom stereocenters. The van der Waals surface area contributed by atoms with E-state index in [4.69, 9.17) is 4.42 Å². The molecule has 3 rings (SSSR count). The van der Waals surface area contributed by atoms with Crippen LogP contribution in [-0.2, 0) is 11.2 Å². The first-order valence-corrected chi connectivity index (χ1v) is 9.24. The van der Waals surface area contributed by atoms with E-state index in [1.165, 1.54) is 0 Å². The number of benzene rings is 1. The van der Waals surface area contributed by atoms with E-state index >= 15 is 0 Å². The van der Waals surface area contributed by atoms with E-state index in [1.807, 2.05) is 63.2 Å². The molecule has 7 nitrogen and oxygen atoms in total. The molecule has 28 heavy (non-hydrogen) atoms. The van der Waals surface area contributed by atoms with Gasteiger partial charge >= 0.3 is 0 Å². The Hall–Kier alpha value is -3.35. The smallest absolute Gasteiger partial charge is 0.271 e. The maximum atomic E-state index is 12.5. The van der Waals surface area contributed by atoms with Crippen molar-refractivity contribution in [2.75, 3.05) is 11.9 Å². The SMILES string of the molecule is Cc1ccc(CCNC(=O)c2cc(NC(=O)C(C)C)n(-c3ccccc3)n2)o1. The Morgan fingerprint density at radius 2 is 1.89 bits per heavy atom. The first kappa shape index (κ1) is 19.4. The number of anilines is 1. The van der Waals surface area contributed by atoms with Crippen molar-refractivity contribution in [3.05, 3.63) is 65.7 Å². The number of nitrogens with one attached hydrogen (secondary N) is 2. The molecule has 0 saturated heterocycles. The molecule has 0 aliphatic carbocycles. The van der Waals surface area contributed by atoms with E-state index in [2.05, 4.69) is 15.7 Å². The van der Waals surface area contributed by atoms with Crippen LogP contribution in [0.5, 0.6) is 0 Å². The molecule has 1 aromatic carbocycles. The lowest BCUT2D eigenvalue weighted by atomic mass is 10.2. The minimum Gasteiger partial charge on any atom is -0.466 e. The maximum Gasteiger partial charge on any atom is 0.271 e. The van der Waals surface area contributed by atoms with Crippen LogP contribution >= 0.6 is 0 Å². The highest BCUT2D eigenvalue weighted by atomic mass is 16.3. The van der Waals surface area contributed by atoms with E-state index in [0.29, 0.717) is 18.8 Å². The molecule has 0 spiro atoms. The number of amides is 2. The molecule has 0 aliphatic heterocycles. The fourth-order valence-electron chi connectivity index (χ4n) is 2.63. The number of furan rings is 1. The number of hydrogen-bond acceptors (Lipinski definition) is 4. The molecule has 2 N–H and O–H groups in total. The van der Waals surface area contributed by atoms with Crippen LogP contribution in [0.4, 0.5) is 5.82 Å². The molecule has 0 radical (unpaired) electrons. The topological polar surface area (TPSA) is 89.2 Å². The number of aryl methyl sites for hydroxylation is 1. The van der Waals surface area contributed by atoms with Gasteiger partial charge < -0.3 is 15.1 Å².